The van der Waals surface area contributed by atoms with E-state index < -0.39 is 17.8 Å². The highest BCUT2D eigenvalue weighted by Gasteiger charge is 2.32. The van der Waals surface area contributed by atoms with Crippen molar-refractivity contribution in [3.05, 3.63) is 55.8 Å². The maximum atomic E-state index is 12.4. The molecule has 0 unspecified atom stereocenters. The van der Waals surface area contributed by atoms with Gasteiger partial charge in [0.05, 0.1) is 17.4 Å². The zero-order valence-corrected chi connectivity index (χ0v) is 14.0. The van der Waals surface area contributed by atoms with E-state index in [0.29, 0.717) is 5.56 Å². The number of nitrogens with one attached hydrogen (secondary N) is 1. The van der Waals surface area contributed by atoms with E-state index in [-0.39, 0.29) is 5.69 Å². The second-order valence-corrected chi connectivity index (χ2v) is 6.09. The lowest BCUT2D eigenvalue weighted by Gasteiger charge is -2.09. The fourth-order valence-corrected chi connectivity index (χ4v) is 2.45. The van der Waals surface area contributed by atoms with Crippen molar-refractivity contribution < 1.29 is 18.0 Å². The summed E-state index contributed by atoms with van der Waals surface area (Å²) < 4.78 is 38.6. The lowest BCUT2D eigenvalue weighted by Crippen LogP contribution is -2.14. The lowest BCUT2D eigenvalue weighted by molar-refractivity contribution is -0.141. The topological polar surface area (TPSA) is 42.0 Å². The summed E-state index contributed by atoms with van der Waals surface area (Å²) in [5, 5.41) is 2.51. The lowest BCUT2D eigenvalue weighted by atomic mass is 10.2. The van der Waals surface area contributed by atoms with Gasteiger partial charge in [-0.15, -0.1) is 0 Å². The molecule has 0 saturated carbocycles. The van der Waals surface area contributed by atoms with Crippen LogP contribution in [0.1, 0.15) is 16.1 Å². The van der Waals surface area contributed by atoms with Crippen molar-refractivity contribution in [3.63, 3.8) is 0 Å². The molecule has 0 saturated heterocycles. The Labute approximate surface area is 140 Å². The first kappa shape index (κ1) is 16.2. The Kier molecular flexibility index (Phi) is 4.87. The predicted octanol–water partition coefficient (Wildman–Crippen LogP) is 4.72. The highest BCUT2D eigenvalue weighted by molar-refractivity contribution is 14.1. The van der Waals surface area contributed by atoms with Crippen LogP contribution in [0.3, 0.4) is 0 Å². The SMILES string of the molecule is O=C(Nc1ccc(C(F)(F)F)nc1)c1cc(Br)ccc1I. The smallest absolute Gasteiger partial charge is 0.321 e. The Hall–Kier alpha value is -1.16. The van der Waals surface area contributed by atoms with Crippen LogP contribution in [-0.2, 0) is 6.18 Å². The van der Waals surface area contributed by atoms with Crippen LogP contribution in [0.25, 0.3) is 0 Å². The molecule has 110 valence electrons. The van der Waals surface area contributed by atoms with Gasteiger partial charge in [-0.25, -0.2) is 4.98 Å². The number of alkyl halides is 3. The van der Waals surface area contributed by atoms with Gasteiger partial charge >= 0.3 is 6.18 Å². The monoisotopic (exact) mass is 470 g/mol. The van der Waals surface area contributed by atoms with E-state index in [1.165, 1.54) is 6.07 Å². The number of hydrogen-bond acceptors (Lipinski definition) is 2. The molecule has 0 spiro atoms. The summed E-state index contributed by atoms with van der Waals surface area (Å²) in [4.78, 5) is 15.4. The predicted molar refractivity (Wildman–Crippen MR) is 84.1 cm³/mol. The number of aromatic nitrogens is 1. The van der Waals surface area contributed by atoms with Crippen molar-refractivity contribution >= 4 is 50.1 Å². The number of nitrogens with zero attached hydrogens (tertiary/aromatic N) is 1. The summed E-state index contributed by atoms with van der Waals surface area (Å²) in [6.45, 7) is 0. The highest BCUT2D eigenvalue weighted by atomic mass is 127. The van der Waals surface area contributed by atoms with Gasteiger partial charge < -0.3 is 5.32 Å². The number of rotatable bonds is 2. The molecule has 2 aromatic rings. The third-order valence-electron chi connectivity index (χ3n) is 2.48. The fraction of sp³-hybridized carbons (Fsp3) is 0.0769. The summed E-state index contributed by atoms with van der Waals surface area (Å²) in [6.07, 6.45) is -3.52. The molecule has 0 fully saturated rings. The molecule has 3 nitrogen and oxygen atoms in total. The Bertz CT molecular complexity index is 674. The van der Waals surface area contributed by atoms with Crippen molar-refractivity contribution in [2.75, 3.05) is 5.32 Å². The van der Waals surface area contributed by atoms with Gasteiger partial charge in [-0.05, 0) is 52.9 Å². The third-order valence-corrected chi connectivity index (χ3v) is 3.92. The average Bonchev–Trinajstić information content (AvgIpc) is 2.41. The van der Waals surface area contributed by atoms with Crippen LogP contribution in [0.15, 0.2) is 41.0 Å². The molecule has 0 radical (unpaired) electrons. The Morgan fingerprint density at radius 3 is 2.52 bits per heavy atom. The maximum absolute atomic E-state index is 12.4. The molecule has 1 aromatic carbocycles. The first-order chi connectivity index (χ1) is 9.77. The number of carbonyl (C=O) groups is 1. The van der Waals surface area contributed by atoms with E-state index in [1.54, 1.807) is 18.2 Å². The normalized spacial score (nSPS) is 11.3. The Morgan fingerprint density at radius 2 is 1.95 bits per heavy atom. The van der Waals surface area contributed by atoms with E-state index >= 15 is 0 Å². The van der Waals surface area contributed by atoms with Crippen molar-refractivity contribution in [3.8, 4) is 0 Å². The second kappa shape index (κ2) is 6.30. The summed E-state index contributed by atoms with van der Waals surface area (Å²) in [7, 11) is 0. The first-order valence-corrected chi connectivity index (χ1v) is 7.44. The standard InChI is InChI=1S/C13H7BrF3IN2O/c14-7-1-3-10(18)9(5-7)12(21)20-8-2-4-11(19-6-8)13(15,16)17/h1-6H,(H,20,21). The molecule has 1 N–H and O–H groups in total. The molecule has 0 bridgehead atoms. The zero-order chi connectivity index (χ0) is 15.6. The molecule has 0 aliphatic heterocycles. The molecule has 21 heavy (non-hydrogen) atoms. The molecular weight excluding hydrogens is 464 g/mol. The van der Waals surface area contributed by atoms with Gasteiger partial charge in [-0.2, -0.15) is 13.2 Å². The van der Waals surface area contributed by atoms with Crippen molar-refractivity contribution in [2.45, 2.75) is 6.18 Å². The van der Waals surface area contributed by atoms with Gasteiger partial charge in [-0.3, -0.25) is 4.79 Å². The fourth-order valence-electron chi connectivity index (χ4n) is 1.51. The van der Waals surface area contributed by atoms with E-state index in [4.69, 9.17) is 0 Å². The van der Waals surface area contributed by atoms with Gasteiger partial charge in [0.2, 0.25) is 0 Å². The van der Waals surface area contributed by atoms with Gasteiger partial charge in [0.25, 0.3) is 5.91 Å². The van der Waals surface area contributed by atoms with E-state index in [1.807, 2.05) is 22.6 Å². The largest absolute Gasteiger partial charge is 0.433 e. The van der Waals surface area contributed by atoms with E-state index in [0.717, 1.165) is 20.3 Å². The number of amides is 1. The minimum atomic E-state index is -4.50. The second-order valence-electron chi connectivity index (χ2n) is 4.01. The van der Waals surface area contributed by atoms with Crippen molar-refractivity contribution in [1.82, 2.24) is 4.98 Å². The molecule has 2 rings (SSSR count). The number of anilines is 1. The number of hydrogen-bond donors (Lipinski definition) is 1. The van der Waals surface area contributed by atoms with Crippen LogP contribution in [0.2, 0.25) is 0 Å². The van der Waals surface area contributed by atoms with Gasteiger partial charge in [0.1, 0.15) is 5.69 Å². The summed E-state index contributed by atoms with van der Waals surface area (Å²) in [6, 6.07) is 7.16. The van der Waals surface area contributed by atoms with Crippen molar-refractivity contribution in [2.24, 2.45) is 0 Å². The molecule has 1 heterocycles. The summed E-state index contributed by atoms with van der Waals surface area (Å²) in [5.74, 6) is -0.415. The molecule has 1 aromatic heterocycles. The highest BCUT2D eigenvalue weighted by Crippen LogP contribution is 2.28. The van der Waals surface area contributed by atoms with Crippen LogP contribution >= 0.6 is 38.5 Å². The number of carbonyl (C=O) groups excluding carboxylic acids is 1. The number of pyridine rings is 1. The zero-order valence-electron chi connectivity index (χ0n) is 10.2. The maximum Gasteiger partial charge on any atom is 0.433 e. The molecule has 0 aliphatic rings. The molecule has 1 amide bonds. The first-order valence-electron chi connectivity index (χ1n) is 5.57. The molecular formula is C13H7BrF3IN2O. The molecule has 0 atom stereocenters. The van der Waals surface area contributed by atoms with Gasteiger partial charge in [-0.1, -0.05) is 15.9 Å². The average molecular weight is 471 g/mol. The summed E-state index contributed by atoms with van der Waals surface area (Å²) in [5.41, 5.74) is -0.383. The van der Waals surface area contributed by atoms with Crippen molar-refractivity contribution in [1.29, 1.82) is 0 Å². The number of halogens is 5. The van der Waals surface area contributed by atoms with E-state index in [2.05, 4.69) is 26.2 Å². The van der Waals surface area contributed by atoms with Crippen LogP contribution in [0, 0.1) is 3.57 Å². The Morgan fingerprint density at radius 1 is 1.24 bits per heavy atom. The van der Waals surface area contributed by atoms with Crippen LogP contribution in [-0.4, -0.2) is 10.9 Å². The van der Waals surface area contributed by atoms with Crippen LogP contribution in [0.5, 0.6) is 0 Å². The minimum Gasteiger partial charge on any atom is -0.321 e. The number of benzene rings is 1. The quantitative estimate of drug-likeness (QED) is 0.645. The molecule has 8 heteroatoms. The van der Waals surface area contributed by atoms with Crippen LogP contribution in [0.4, 0.5) is 18.9 Å². The van der Waals surface area contributed by atoms with Gasteiger partial charge in [0.15, 0.2) is 0 Å². The summed E-state index contributed by atoms with van der Waals surface area (Å²) >= 11 is 5.27. The molecule has 0 aliphatic carbocycles. The third kappa shape index (κ3) is 4.16. The van der Waals surface area contributed by atoms with E-state index in [9.17, 15) is 18.0 Å². The van der Waals surface area contributed by atoms with Crippen LogP contribution < -0.4 is 5.32 Å². The van der Waals surface area contributed by atoms with Gasteiger partial charge in [0, 0.05) is 8.04 Å². The Balaban J connectivity index is 2.18. The minimum absolute atomic E-state index is 0.198.